The second kappa shape index (κ2) is 9.59. The SMILES string of the molecule is CC.CC1(C)N(c2cccc(-c3ccccc3)c2)c2nc3c4c(ccc3n2C1(C)C)-c1ccccc1C41CCCCC1. The van der Waals surface area contributed by atoms with Crippen LogP contribution in [0.25, 0.3) is 33.3 Å². The molecule has 1 spiro atoms. The van der Waals surface area contributed by atoms with Crippen molar-refractivity contribution in [2.75, 3.05) is 4.90 Å². The Kier molecular flexibility index (Phi) is 6.17. The lowest BCUT2D eigenvalue weighted by atomic mass is 9.67. The molecule has 42 heavy (non-hydrogen) atoms. The van der Waals surface area contributed by atoms with Crippen LogP contribution in [0.4, 0.5) is 11.6 Å². The number of aromatic nitrogens is 2. The Morgan fingerprint density at radius 1 is 0.643 bits per heavy atom. The van der Waals surface area contributed by atoms with Gasteiger partial charge in [0.05, 0.1) is 22.1 Å². The normalized spacial score (nSPS) is 18.8. The molecule has 0 N–H and O–H groups in total. The van der Waals surface area contributed by atoms with Crippen LogP contribution < -0.4 is 4.90 Å². The van der Waals surface area contributed by atoms with E-state index in [4.69, 9.17) is 4.98 Å². The summed E-state index contributed by atoms with van der Waals surface area (Å²) in [4.78, 5) is 8.14. The van der Waals surface area contributed by atoms with Gasteiger partial charge in [0.15, 0.2) is 0 Å². The number of imidazole rings is 1. The van der Waals surface area contributed by atoms with Crippen molar-refractivity contribution < 1.29 is 0 Å². The van der Waals surface area contributed by atoms with Crippen molar-refractivity contribution in [1.82, 2.24) is 9.55 Å². The van der Waals surface area contributed by atoms with Crippen molar-refractivity contribution in [2.24, 2.45) is 0 Å². The number of nitrogens with zero attached hydrogens (tertiary/aromatic N) is 3. The van der Waals surface area contributed by atoms with Crippen LogP contribution >= 0.6 is 0 Å². The molecule has 5 aromatic rings. The Hall–Kier alpha value is -3.85. The zero-order chi connectivity index (χ0) is 29.3. The van der Waals surface area contributed by atoms with E-state index in [1.165, 1.54) is 82.2 Å². The monoisotopic (exact) mass is 553 g/mol. The van der Waals surface area contributed by atoms with Gasteiger partial charge >= 0.3 is 0 Å². The molecule has 0 unspecified atom stereocenters. The predicted molar refractivity (Wildman–Crippen MR) is 178 cm³/mol. The minimum Gasteiger partial charge on any atom is -0.304 e. The largest absolute Gasteiger partial charge is 0.304 e. The molecular formula is C39H43N3. The Morgan fingerprint density at radius 2 is 1.33 bits per heavy atom. The molecule has 214 valence electrons. The van der Waals surface area contributed by atoms with Gasteiger partial charge in [0.2, 0.25) is 5.95 Å². The summed E-state index contributed by atoms with van der Waals surface area (Å²) >= 11 is 0. The van der Waals surface area contributed by atoms with Gasteiger partial charge in [-0.25, -0.2) is 4.98 Å². The first-order chi connectivity index (χ1) is 20.3. The van der Waals surface area contributed by atoms with Crippen molar-refractivity contribution in [3.63, 3.8) is 0 Å². The highest BCUT2D eigenvalue weighted by Crippen LogP contribution is 2.59. The van der Waals surface area contributed by atoms with Crippen LogP contribution in [0.15, 0.2) is 91.0 Å². The van der Waals surface area contributed by atoms with Crippen LogP contribution in [0.1, 0.15) is 84.8 Å². The van der Waals surface area contributed by atoms with Gasteiger partial charge in [0, 0.05) is 11.1 Å². The van der Waals surface area contributed by atoms with E-state index in [0.29, 0.717) is 0 Å². The molecule has 1 saturated carbocycles. The lowest BCUT2D eigenvalue weighted by Gasteiger charge is -2.42. The molecule has 0 atom stereocenters. The van der Waals surface area contributed by atoms with E-state index in [0.717, 1.165) is 5.95 Å². The first kappa shape index (κ1) is 27.0. The molecule has 1 aromatic heterocycles. The third-order valence-electron chi connectivity index (χ3n) is 10.8. The second-order valence-electron chi connectivity index (χ2n) is 13.2. The van der Waals surface area contributed by atoms with Gasteiger partial charge < -0.3 is 9.47 Å². The van der Waals surface area contributed by atoms with E-state index in [1.54, 1.807) is 0 Å². The number of fused-ring (bicyclic) bond motifs is 9. The van der Waals surface area contributed by atoms with Crippen LogP contribution in [-0.2, 0) is 11.0 Å². The third kappa shape index (κ3) is 3.49. The molecule has 0 amide bonds. The van der Waals surface area contributed by atoms with E-state index >= 15 is 0 Å². The molecular weight excluding hydrogens is 510 g/mol. The van der Waals surface area contributed by atoms with Crippen molar-refractivity contribution in [1.29, 1.82) is 0 Å². The summed E-state index contributed by atoms with van der Waals surface area (Å²) in [6.45, 7) is 13.5. The minimum atomic E-state index is -0.177. The fourth-order valence-corrected chi connectivity index (χ4v) is 8.18. The maximum absolute atomic E-state index is 5.64. The maximum atomic E-state index is 5.64. The van der Waals surface area contributed by atoms with Gasteiger partial charge in [-0.1, -0.05) is 106 Å². The first-order valence-electron chi connectivity index (χ1n) is 16.0. The third-order valence-corrected chi connectivity index (χ3v) is 10.8. The van der Waals surface area contributed by atoms with Crippen molar-refractivity contribution in [3.05, 3.63) is 102 Å². The molecule has 2 heterocycles. The Morgan fingerprint density at radius 3 is 2.10 bits per heavy atom. The van der Waals surface area contributed by atoms with Gasteiger partial charge in [0.25, 0.3) is 0 Å². The molecule has 3 aliphatic rings. The highest BCUT2D eigenvalue weighted by Gasteiger charge is 2.54. The minimum absolute atomic E-state index is 0.0804. The summed E-state index contributed by atoms with van der Waals surface area (Å²) < 4.78 is 2.54. The van der Waals surface area contributed by atoms with Crippen molar-refractivity contribution in [2.45, 2.75) is 90.1 Å². The lowest BCUT2D eigenvalue weighted by Crippen LogP contribution is -2.50. The quantitative estimate of drug-likeness (QED) is 0.217. The Bertz CT molecular complexity index is 1780. The van der Waals surface area contributed by atoms with Crippen LogP contribution in [0, 0.1) is 0 Å². The van der Waals surface area contributed by atoms with Crippen LogP contribution in [-0.4, -0.2) is 15.1 Å². The van der Waals surface area contributed by atoms with Gasteiger partial charge in [0.1, 0.15) is 0 Å². The van der Waals surface area contributed by atoms with Crippen molar-refractivity contribution >= 4 is 22.7 Å². The van der Waals surface area contributed by atoms with Crippen LogP contribution in [0.5, 0.6) is 0 Å². The summed E-state index contributed by atoms with van der Waals surface area (Å²) in [5.74, 6) is 1.06. The lowest BCUT2D eigenvalue weighted by molar-refractivity contribution is 0.253. The average molecular weight is 554 g/mol. The smallest absolute Gasteiger partial charge is 0.212 e. The first-order valence-corrected chi connectivity index (χ1v) is 16.0. The van der Waals surface area contributed by atoms with Gasteiger partial charge in [-0.2, -0.15) is 0 Å². The zero-order valence-electron chi connectivity index (χ0n) is 26.0. The molecule has 1 aliphatic heterocycles. The molecule has 4 aromatic carbocycles. The van der Waals surface area contributed by atoms with E-state index in [9.17, 15) is 0 Å². The summed E-state index contributed by atoms with van der Waals surface area (Å²) in [5, 5.41) is 0. The van der Waals surface area contributed by atoms with Crippen molar-refractivity contribution in [3.8, 4) is 22.3 Å². The molecule has 3 nitrogen and oxygen atoms in total. The summed E-state index contributed by atoms with van der Waals surface area (Å²) in [5.41, 5.74) is 11.7. The van der Waals surface area contributed by atoms with Gasteiger partial charge in [-0.05, 0) is 92.1 Å². The van der Waals surface area contributed by atoms with E-state index in [1.807, 2.05) is 13.8 Å². The average Bonchev–Trinajstić information content (AvgIpc) is 3.58. The molecule has 3 heteroatoms. The topological polar surface area (TPSA) is 21.1 Å². The summed E-state index contributed by atoms with van der Waals surface area (Å²) in [6, 6.07) is 33.6. The maximum Gasteiger partial charge on any atom is 0.212 e. The number of rotatable bonds is 2. The fraction of sp³-hybridized carbons (Fsp3) is 0.359. The highest BCUT2D eigenvalue weighted by molar-refractivity contribution is 5.96. The van der Waals surface area contributed by atoms with E-state index < -0.39 is 0 Å². The predicted octanol–water partition coefficient (Wildman–Crippen LogP) is 10.6. The van der Waals surface area contributed by atoms with Gasteiger partial charge in [-0.15, -0.1) is 0 Å². The molecule has 2 aliphatic carbocycles. The number of benzene rings is 4. The van der Waals surface area contributed by atoms with E-state index in [-0.39, 0.29) is 16.5 Å². The Balaban J connectivity index is 0.00000141. The van der Waals surface area contributed by atoms with Crippen LogP contribution in [0.2, 0.25) is 0 Å². The fourth-order valence-electron chi connectivity index (χ4n) is 8.18. The molecule has 1 fully saturated rings. The van der Waals surface area contributed by atoms with Crippen LogP contribution in [0.3, 0.4) is 0 Å². The Labute approximate surface area is 251 Å². The molecule has 0 bridgehead atoms. The summed E-state index contributed by atoms with van der Waals surface area (Å²) in [7, 11) is 0. The highest BCUT2D eigenvalue weighted by atomic mass is 15.4. The van der Waals surface area contributed by atoms with E-state index in [2.05, 4.69) is 128 Å². The number of hydrogen-bond acceptors (Lipinski definition) is 2. The molecule has 0 radical (unpaired) electrons. The standard InChI is InChI=1S/C37H37N3.C2H6/c1-35(2)36(3,4)40-31-21-20-29-28-18-9-10-19-30(28)37(22-11-6-12-23-37)32(29)33(31)38-34(40)39(35)27-17-13-16-26(24-27)25-14-7-5-8-15-25;1-2/h5,7-10,13-21,24H,6,11-12,22-23H2,1-4H3;1-2H3. The van der Waals surface area contributed by atoms with Gasteiger partial charge in [-0.3, -0.25) is 0 Å². The zero-order valence-corrected chi connectivity index (χ0v) is 26.0. The molecule has 8 rings (SSSR count). The summed E-state index contributed by atoms with van der Waals surface area (Å²) in [6.07, 6.45) is 6.34. The second-order valence-corrected chi connectivity index (χ2v) is 13.2. The number of hydrogen-bond donors (Lipinski definition) is 0. The molecule has 0 saturated heterocycles. The number of anilines is 2.